The molecular weight excluding hydrogens is 372 g/mol. The van der Waals surface area contributed by atoms with E-state index < -0.39 is 18.0 Å². The van der Waals surface area contributed by atoms with Gasteiger partial charge in [-0.05, 0) is 30.9 Å². The third-order valence-corrected chi connectivity index (χ3v) is 5.74. The summed E-state index contributed by atoms with van der Waals surface area (Å²) in [4.78, 5) is 51.7. The molecule has 4 rings (SSSR count). The molecule has 9 heteroatoms. The second kappa shape index (κ2) is 7.62. The van der Waals surface area contributed by atoms with Gasteiger partial charge in [-0.3, -0.25) is 9.59 Å². The number of likely N-dealkylation sites (tertiary alicyclic amines) is 1. The molecule has 1 N–H and O–H groups in total. The number of amides is 2. The van der Waals surface area contributed by atoms with Crippen LogP contribution in [0.2, 0.25) is 0 Å². The summed E-state index contributed by atoms with van der Waals surface area (Å²) >= 11 is 0. The Morgan fingerprint density at radius 1 is 1.48 bits per heavy atom. The van der Waals surface area contributed by atoms with Gasteiger partial charge in [-0.15, -0.1) is 0 Å². The summed E-state index contributed by atoms with van der Waals surface area (Å²) in [7, 11) is 1.59. The summed E-state index contributed by atoms with van der Waals surface area (Å²) in [5.74, 6) is -0.507. The summed E-state index contributed by atoms with van der Waals surface area (Å²) < 4.78 is 0. The maximum Gasteiger partial charge on any atom is 0.290 e. The van der Waals surface area contributed by atoms with Crippen LogP contribution >= 0.6 is 0 Å². The summed E-state index contributed by atoms with van der Waals surface area (Å²) in [6.07, 6.45) is 5.33. The van der Waals surface area contributed by atoms with Gasteiger partial charge >= 0.3 is 0 Å². The molecule has 1 saturated heterocycles. The van der Waals surface area contributed by atoms with Crippen molar-refractivity contribution in [3.8, 4) is 6.07 Å². The van der Waals surface area contributed by atoms with E-state index >= 15 is 0 Å². The van der Waals surface area contributed by atoms with Crippen molar-refractivity contribution in [2.45, 2.75) is 37.8 Å². The van der Waals surface area contributed by atoms with Crippen LogP contribution in [0.1, 0.15) is 36.3 Å². The van der Waals surface area contributed by atoms with Crippen molar-refractivity contribution in [3.63, 3.8) is 0 Å². The topological polar surface area (TPSA) is 123 Å². The number of hydrogen-bond acceptors (Lipinski definition) is 6. The number of pyridine rings is 1. The number of hydrogen-bond donors (Lipinski definition) is 1. The molecule has 3 atom stereocenters. The number of likely N-dealkylation sites (N-methyl/N-ethyl adjacent to an activating group) is 1. The van der Waals surface area contributed by atoms with Crippen LogP contribution in [0, 0.1) is 23.2 Å². The molecule has 2 aliphatic rings. The Bertz CT molecular complexity index is 959. The van der Waals surface area contributed by atoms with Gasteiger partial charge in [-0.1, -0.05) is 12.8 Å². The van der Waals surface area contributed by atoms with Gasteiger partial charge < -0.3 is 19.6 Å². The molecule has 150 valence electrons. The predicted molar refractivity (Wildman–Crippen MR) is 102 cm³/mol. The Labute approximate surface area is 167 Å². The molecule has 1 aliphatic carbocycles. The lowest BCUT2D eigenvalue weighted by atomic mass is 10.1. The summed E-state index contributed by atoms with van der Waals surface area (Å²) in [6.45, 7) is 0.221. The fourth-order valence-electron chi connectivity index (χ4n) is 3.87. The van der Waals surface area contributed by atoms with Crippen LogP contribution in [0.4, 0.5) is 0 Å². The minimum absolute atomic E-state index is 0.124. The normalized spacial score (nSPS) is 22.3. The summed E-state index contributed by atoms with van der Waals surface area (Å²) in [5.41, 5.74) is 1.08. The highest BCUT2D eigenvalue weighted by molar-refractivity contribution is 5.97. The van der Waals surface area contributed by atoms with E-state index in [0.717, 1.165) is 19.1 Å². The third-order valence-electron chi connectivity index (χ3n) is 5.74. The van der Waals surface area contributed by atoms with Gasteiger partial charge in [-0.2, -0.15) is 5.26 Å². The lowest BCUT2D eigenvalue weighted by molar-refractivity contribution is -0.136. The van der Waals surface area contributed by atoms with Crippen molar-refractivity contribution in [2.24, 2.45) is 11.8 Å². The third kappa shape index (κ3) is 3.70. The number of carbonyl (C=O) groups is 3. The maximum atomic E-state index is 13.3. The molecule has 2 aromatic heterocycles. The highest BCUT2D eigenvalue weighted by atomic mass is 16.2. The van der Waals surface area contributed by atoms with E-state index in [1.807, 2.05) is 0 Å². The van der Waals surface area contributed by atoms with Gasteiger partial charge in [0.2, 0.25) is 5.91 Å². The number of H-pyrrole nitrogens is 1. The fourth-order valence-corrected chi connectivity index (χ4v) is 3.87. The van der Waals surface area contributed by atoms with Crippen molar-refractivity contribution in [1.82, 2.24) is 24.8 Å². The van der Waals surface area contributed by atoms with Gasteiger partial charge in [0, 0.05) is 25.7 Å². The molecule has 0 radical (unpaired) electrons. The first-order valence-corrected chi connectivity index (χ1v) is 9.75. The van der Waals surface area contributed by atoms with E-state index in [9.17, 15) is 19.6 Å². The van der Waals surface area contributed by atoms with E-state index in [1.165, 1.54) is 9.80 Å². The van der Waals surface area contributed by atoms with Crippen molar-refractivity contribution < 1.29 is 14.4 Å². The van der Waals surface area contributed by atoms with Crippen LogP contribution in [0.5, 0.6) is 0 Å². The lowest BCUT2D eigenvalue weighted by Gasteiger charge is -2.31. The molecule has 29 heavy (non-hydrogen) atoms. The number of nitriles is 1. The number of aromatic amines is 1. The number of nitrogens with zero attached hydrogens (tertiary/aromatic N) is 5. The zero-order valence-corrected chi connectivity index (χ0v) is 16.1. The van der Waals surface area contributed by atoms with Crippen molar-refractivity contribution >= 4 is 29.3 Å². The van der Waals surface area contributed by atoms with Crippen molar-refractivity contribution in [1.29, 1.82) is 5.26 Å². The number of nitrogens with one attached hydrogen (secondary N) is 1. The van der Waals surface area contributed by atoms with Gasteiger partial charge in [0.25, 0.3) is 5.91 Å². The number of rotatable bonds is 6. The predicted octanol–water partition coefficient (Wildman–Crippen LogP) is 1.14. The van der Waals surface area contributed by atoms with E-state index in [2.05, 4.69) is 21.0 Å². The first-order valence-electron chi connectivity index (χ1n) is 9.75. The molecule has 1 aliphatic heterocycles. The average molecular weight is 394 g/mol. The monoisotopic (exact) mass is 394 g/mol. The average Bonchev–Trinajstić information content (AvgIpc) is 3.29. The van der Waals surface area contributed by atoms with Crippen LogP contribution in [0.25, 0.3) is 11.2 Å². The zero-order chi connectivity index (χ0) is 20.5. The first-order chi connectivity index (χ1) is 14.0. The van der Waals surface area contributed by atoms with Gasteiger partial charge in [0.05, 0.1) is 11.6 Å². The molecule has 9 nitrogen and oxygen atoms in total. The van der Waals surface area contributed by atoms with E-state index in [0.29, 0.717) is 29.9 Å². The van der Waals surface area contributed by atoms with Crippen molar-refractivity contribution in [2.75, 3.05) is 13.6 Å². The number of carbonyl (C=O) groups excluding carboxylic acids is 3. The minimum atomic E-state index is -0.697. The minimum Gasteiger partial charge on any atom is -0.332 e. The highest BCUT2D eigenvalue weighted by Gasteiger charge is 2.42. The molecule has 2 aromatic rings. The smallest absolute Gasteiger partial charge is 0.290 e. The quantitative estimate of drug-likeness (QED) is 0.733. The number of aromatic nitrogens is 3. The zero-order valence-electron chi connectivity index (χ0n) is 16.1. The van der Waals surface area contributed by atoms with E-state index in [1.54, 1.807) is 25.4 Å². The number of aldehydes is 1. The maximum absolute atomic E-state index is 13.3. The van der Waals surface area contributed by atoms with Gasteiger partial charge in [-0.25, -0.2) is 9.97 Å². The molecule has 0 aromatic carbocycles. The molecule has 2 fully saturated rings. The Kier molecular flexibility index (Phi) is 5.01. The Balaban J connectivity index is 1.58. The standard InChI is InChI=1S/C20H22N6O3/c1-25(20(29)18-23-15-3-2-6-22-17(15)24-18)16(8-12-4-5-12)19(28)26-10-13(11-27)7-14(26)9-21/h2-3,6,11-14,16H,4-5,7-8,10H2,1H3,(H,22,23,24). The van der Waals surface area contributed by atoms with E-state index in [-0.39, 0.29) is 24.2 Å². The van der Waals surface area contributed by atoms with Crippen LogP contribution in [-0.4, -0.2) is 68.5 Å². The molecule has 3 heterocycles. The van der Waals surface area contributed by atoms with Crippen LogP contribution in [-0.2, 0) is 9.59 Å². The molecule has 2 amide bonds. The van der Waals surface area contributed by atoms with Crippen molar-refractivity contribution in [3.05, 3.63) is 24.2 Å². The molecular formula is C20H22N6O3. The second-order valence-electron chi connectivity index (χ2n) is 7.84. The lowest BCUT2D eigenvalue weighted by Crippen LogP contribution is -2.51. The molecule has 0 spiro atoms. The summed E-state index contributed by atoms with van der Waals surface area (Å²) in [6, 6.07) is 4.30. The van der Waals surface area contributed by atoms with Crippen LogP contribution in [0.15, 0.2) is 18.3 Å². The van der Waals surface area contributed by atoms with Crippen LogP contribution < -0.4 is 0 Å². The Morgan fingerprint density at radius 2 is 2.28 bits per heavy atom. The SMILES string of the molecule is CN(C(=O)c1nc2ncccc2[nH]1)C(CC1CC1)C(=O)N1CC(C=O)CC1C#N. The molecule has 3 unspecified atom stereocenters. The Morgan fingerprint density at radius 3 is 2.93 bits per heavy atom. The largest absolute Gasteiger partial charge is 0.332 e. The Hall–Kier alpha value is -3.28. The number of fused-ring (bicyclic) bond motifs is 1. The van der Waals surface area contributed by atoms with Gasteiger partial charge in [0.1, 0.15) is 18.4 Å². The highest BCUT2D eigenvalue weighted by Crippen LogP contribution is 2.36. The van der Waals surface area contributed by atoms with E-state index in [4.69, 9.17) is 0 Å². The number of imidazole rings is 1. The molecule has 0 bridgehead atoms. The fraction of sp³-hybridized carbons (Fsp3) is 0.500. The molecule has 1 saturated carbocycles. The van der Waals surface area contributed by atoms with Crippen LogP contribution in [0.3, 0.4) is 0 Å². The first kappa shape index (κ1) is 19.1. The summed E-state index contributed by atoms with van der Waals surface area (Å²) in [5, 5.41) is 9.42. The second-order valence-corrected chi connectivity index (χ2v) is 7.84. The van der Waals surface area contributed by atoms with Gasteiger partial charge in [0.15, 0.2) is 11.5 Å².